The molecule has 3 amide bonds. The summed E-state index contributed by atoms with van der Waals surface area (Å²) < 4.78 is 14.0. The SMILES string of the molecule is CC(NC(=O)c1ccc2c(c1)C(=O)NC2=O)c1cc(F)ccc1N1CCN(C)CC1. The third kappa shape index (κ3) is 3.78. The Labute approximate surface area is 173 Å². The van der Waals surface area contributed by atoms with Gasteiger partial charge in [0.05, 0.1) is 17.2 Å². The van der Waals surface area contributed by atoms with E-state index in [2.05, 4.69) is 27.5 Å². The van der Waals surface area contributed by atoms with Crippen molar-refractivity contribution < 1.29 is 18.8 Å². The number of carbonyl (C=O) groups is 3. The van der Waals surface area contributed by atoms with Crippen LogP contribution in [0.2, 0.25) is 0 Å². The summed E-state index contributed by atoms with van der Waals surface area (Å²) in [7, 11) is 2.07. The number of hydrogen-bond acceptors (Lipinski definition) is 5. The van der Waals surface area contributed by atoms with E-state index < -0.39 is 23.8 Å². The number of likely N-dealkylation sites (N-methyl/N-ethyl adjacent to an activating group) is 1. The first-order valence-electron chi connectivity index (χ1n) is 9.87. The molecule has 4 rings (SSSR count). The molecule has 0 bridgehead atoms. The summed E-state index contributed by atoms with van der Waals surface area (Å²) in [6.07, 6.45) is 0. The number of fused-ring (bicyclic) bond motifs is 1. The number of benzene rings is 2. The van der Waals surface area contributed by atoms with Gasteiger partial charge in [-0.15, -0.1) is 0 Å². The molecule has 8 heteroatoms. The smallest absolute Gasteiger partial charge is 0.258 e. The summed E-state index contributed by atoms with van der Waals surface area (Å²) in [6, 6.07) is 8.56. The van der Waals surface area contributed by atoms with Crippen LogP contribution in [0.25, 0.3) is 0 Å². The van der Waals surface area contributed by atoms with Gasteiger partial charge < -0.3 is 15.1 Å². The first-order valence-corrected chi connectivity index (χ1v) is 9.87. The lowest BCUT2D eigenvalue weighted by Gasteiger charge is -2.36. The van der Waals surface area contributed by atoms with Gasteiger partial charge in [-0.05, 0) is 50.4 Å². The van der Waals surface area contributed by atoms with Crippen molar-refractivity contribution in [2.45, 2.75) is 13.0 Å². The Morgan fingerprint density at radius 3 is 2.47 bits per heavy atom. The molecular formula is C22H23FN4O3. The predicted molar refractivity (Wildman–Crippen MR) is 110 cm³/mol. The molecule has 7 nitrogen and oxygen atoms in total. The van der Waals surface area contributed by atoms with Gasteiger partial charge in [-0.1, -0.05) is 0 Å². The minimum atomic E-state index is -0.514. The number of carbonyl (C=O) groups excluding carboxylic acids is 3. The minimum Gasteiger partial charge on any atom is -0.369 e. The molecule has 30 heavy (non-hydrogen) atoms. The second-order valence-corrected chi connectivity index (χ2v) is 7.73. The maximum absolute atomic E-state index is 14.0. The highest BCUT2D eigenvalue weighted by molar-refractivity contribution is 6.22. The van der Waals surface area contributed by atoms with Crippen LogP contribution >= 0.6 is 0 Å². The number of imide groups is 1. The molecule has 0 saturated carbocycles. The molecule has 2 aliphatic heterocycles. The van der Waals surface area contributed by atoms with Crippen LogP contribution in [-0.2, 0) is 0 Å². The van der Waals surface area contributed by atoms with Crippen molar-refractivity contribution in [1.82, 2.24) is 15.5 Å². The van der Waals surface area contributed by atoms with Crippen molar-refractivity contribution in [2.75, 3.05) is 38.1 Å². The van der Waals surface area contributed by atoms with Crippen LogP contribution in [0.15, 0.2) is 36.4 Å². The summed E-state index contributed by atoms with van der Waals surface area (Å²) >= 11 is 0. The first kappa shape index (κ1) is 20.0. The van der Waals surface area contributed by atoms with E-state index in [4.69, 9.17) is 0 Å². The van der Waals surface area contributed by atoms with Crippen LogP contribution in [0.1, 0.15) is 49.6 Å². The number of halogens is 1. The molecule has 1 fully saturated rings. The summed E-state index contributed by atoms with van der Waals surface area (Å²) in [5.74, 6) is -1.74. The Kier molecular flexibility index (Phi) is 5.26. The number of amides is 3. The van der Waals surface area contributed by atoms with Gasteiger partial charge in [0.25, 0.3) is 17.7 Å². The van der Waals surface area contributed by atoms with Crippen LogP contribution in [-0.4, -0.2) is 55.8 Å². The van der Waals surface area contributed by atoms with Crippen LogP contribution in [0.5, 0.6) is 0 Å². The van der Waals surface area contributed by atoms with E-state index in [9.17, 15) is 18.8 Å². The lowest BCUT2D eigenvalue weighted by molar-refractivity contribution is 0.0878. The average molecular weight is 410 g/mol. The van der Waals surface area contributed by atoms with Crippen LogP contribution in [0, 0.1) is 5.82 Å². The maximum Gasteiger partial charge on any atom is 0.258 e. The number of nitrogens with zero attached hydrogens (tertiary/aromatic N) is 2. The Morgan fingerprint density at radius 2 is 1.73 bits per heavy atom. The lowest BCUT2D eigenvalue weighted by atomic mass is 10.0. The van der Waals surface area contributed by atoms with Crippen LogP contribution in [0.3, 0.4) is 0 Å². The number of nitrogens with one attached hydrogen (secondary N) is 2. The second kappa shape index (κ2) is 7.87. The minimum absolute atomic E-state index is 0.184. The highest BCUT2D eigenvalue weighted by Gasteiger charge is 2.28. The van der Waals surface area contributed by atoms with Crippen molar-refractivity contribution in [3.63, 3.8) is 0 Å². The van der Waals surface area contributed by atoms with E-state index >= 15 is 0 Å². The van der Waals surface area contributed by atoms with E-state index in [0.717, 1.165) is 31.9 Å². The van der Waals surface area contributed by atoms with Gasteiger partial charge in [-0.25, -0.2) is 4.39 Å². The second-order valence-electron chi connectivity index (χ2n) is 7.73. The molecule has 2 aliphatic rings. The van der Waals surface area contributed by atoms with E-state index in [1.807, 2.05) is 0 Å². The monoisotopic (exact) mass is 410 g/mol. The fourth-order valence-corrected chi connectivity index (χ4v) is 3.87. The zero-order valence-corrected chi connectivity index (χ0v) is 16.9. The summed E-state index contributed by atoms with van der Waals surface area (Å²) in [5, 5.41) is 5.09. The summed E-state index contributed by atoms with van der Waals surface area (Å²) in [6.45, 7) is 5.27. The molecule has 0 radical (unpaired) electrons. The molecule has 2 aromatic carbocycles. The quantitative estimate of drug-likeness (QED) is 0.753. The van der Waals surface area contributed by atoms with Gasteiger partial charge in [-0.2, -0.15) is 0 Å². The number of piperazine rings is 1. The zero-order chi connectivity index (χ0) is 21.4. The summed E-state index contributed by atoms with van der Waals surface area (Å²) in [5.41, 5.74) is 2.30. The van der Waals surface area contributed by atoms with Crippen LogP contribution < -0.4 is 15.5 Å². The molecule has 1 saturated heterocycles. The van der Waals surface area contributed by atoms with Crippen molar-refractivity contribution in [1.29, 1.82) is 0 Å². The van der Waals surface area contributed by atoms with Crippen molar-refractivity contribution in [3.8, 4) is 0 Å². The fraction of sp³-hybridized carbons (Fsp3) is 0.318. The Balaban J connectivity index is 1.55. The van der Waals surface area contributed by atoms with Gasteiger partial charge in [0, 0.05) is 43.0 Å². The van der Waals surface area contributed by atoms with Gasteiger partial charge >= 0.3 is 0 Å². The highest BCUT2D eigenvalue weighted by Crippen LogP contribution is 2.29. The van der Waals surface area contributed by atoms with E-state index in [-0.39, 0.29) is 22.5 Å². The van der Waals surface area contributed by atoms with Gasteiger partial charge in [-0.3, -0.25) is 19.7 Å². The lowest BCUT2D eigenvalue weighted by Crippen LogP contribution is -2.45. The third-order valence-electron chi connectivity index (χ3n) is 5.65. The first-order chi connectivity index (χ1) is 14.3. The third-order valence-corrected chi connectivity index (χ3v) is 5.65. The molecule has 1 atom stereocenters. The Hall–Kier alpha value is -3.26. The summed E-state index contributed by atoms with van der Waals surface area (Å²) in [4.78, 5) is 40.8. The Bertz CT molecular complexity index is 1030. The fourth-order valence-electron chi connectivity index (χ4n) is 3.87. The van der Waals surface area contributed by atoms with Crippen molar-refractivity contribution in [2.24, 2.45) is 0 Å². The zero-order valence-electron chi connectivity index (χ0n) is 16.9. The molecule has 0 aliphatic carbocycles. The normalized spacial score (nSPS) is 17.5. The topological polar surface area (TPSA) is 81.8 Å². The van der Waals surface area contributed by atoms with Gasteiger partial charge in [0.15, 0.2) is 0 Å². The Morgan fingerprint density at radius 1 is 1.03 bits per heavy atom. The molecule has 2 aromatic rings. The van der Waals surface area contributed by atoms with Crippen LogP contribution in [0.4, 0.5) is 10.1 Å². The standard InChI is InChI=1S/C22H23FN4O3/c1-13(17-12-15(23)4-6-19(17)27-9-7-26(2)8-10-27)24-20(28)14-3-5-16-18(11-14)22(30)25-21(16)29/h3-6,11-13H,7-10H2,1-2H3,(H,24,28)(H,25,29,30). The largest absolute Gasteiger partial charge is 0.369 e. The van der Waals surface area contributed by atoms with Crippen molar-refractivity contribution in [3.05, 3.63) is 64.5 Å². The predicted octanol–water partition coefficient (Wildman–Crippen LogP) is 1.95. The van der Waals surface area contributed by atoms with Gasteiger partial charge in [0.2, 0.25) is 0 Å². The molecule has 1 unspecified atom stereocenters. The number of hydrogen-bond donors (Lipinski definition) is 2. The van der Waals surface area contributed by atoms with E-state index in [0.29, 0.717) is 5.56 Å². The molecule has 2 N–H and O–H groups in total. The average Bonchev–Trinajstić information content (AvgIpc) is 3.02. The van der Waals surface area contributed by atoms with Gasteiger partial charge in [0.1, 0.15) is 5.82 Å². The number of anilines is 1. The molecule has 0 spiro atoms. The van der Waals surface area contributed by atoms with E-state index in [1.165, 1.54) is 30.3 Å². The molecule has 156 valence electrons. The van der Waals surface area contributed by atoms with E-state index in [1.54, 1.807) is 13.0 Å². The van der Waals surface area contributed by atoms with Crippen molar-refractivity contribution >= 4 is 23.4 Å². The number of rotatable bonds is 4. The molecule has 0 aromatic heterocycles. The molecular weight excluding hydrogens is 387 g/mol. The maximum atomic E-state index is 14.0. The molecule has 2 heterocycles. The highest BCUT2D eigenvalue weighted by atomic mass is 19.1.